The Morgan fingerprint density at radius 2 is 1.71 bits per heavy atom. The van der Waals surface area contributed by atoms with Crippen LogP contribution in [0.5, 0.6) is 0 Å². The number of aryl methyl sites for hydroxylation is 2. The van der Waals surface area contributed by atoms with Crippen molar-refractivity contribution in [3.63, 3.8) is 0 Å². The number of hydrogen-bond donors (Lipinski definition) is 1. The predicted octanol–water partition coefficient (Wildman–Crippen LogP) is 2.64. The van der Waals surface area contributed by atoms with E-state index < -0.39 is 10.0 Å². The molecule has 1 aliphatic carbocycles. The number of carbonyl (C=O) groups excluding carboxylic acids is 2. The third-order valence-electron chi connectivity index (χ3n) is 7.28. The summed E-state index contributed by atoms with van der Waals surface area (Å²) in [6, 6.07) is 12.6. The number of anilines is 2. The molecule has 9 heteroatoms. The van der Waals surface area contributed by atoms with Crippen LogP contribution in [0, 0.1) is 0 Å². The molecule has 0 spiro atoms. The Labute approximate surface area is 206 Å². The van der Waals surface area contributed by atoms with Crippen molar-refractivity contribution in [1.82, 2.24) is 9.21 Å². The van der Waals surface area contributed by atoms with E-state index in [2.05, 4.69) is 5.32 Å². The fraction of sp³-hybridized carbons (Fsp3) is 0.462. The van der Waals surface area contributed by atoms with Gasteiger partial charge < -0.3 is 10.2 Å². The molecule has 3 aliphatic rings. The van der Waals surface area contributed by atoms with Gasteiger partial charge in [0.15, 0.2) is 0 Å². The normalized spacial score (nSPS) is 21.6. The van der Waals surface area contributed by atoms with Gasteiger partial charge in [-0.2, -0.15) is 4.31 Å². The molecular weight excluding hydrogens is 464 g/mol. The van der Waals surface area contributed by atoms with Gasteiger partial charge in [0, 0.05) is 38.6 Å². The first-order valence-electron chi connectivity index (χ1n) is 12.4. The van der Waals surface area contributed by atoms with Gasteiger partial charge in [-0.25, -0.2) is 8.42 Å². The highest BCUT2D eigenvalue weighted by Gasteiger charge is 2.33. The third-order valence-corrected chi connectivity index (χ3v) is 9.17. The molecule has 0 unspecified atom stereocenters. The Morgan fingerprint density at radius 1 is 1.00 bits per heavy atom. The molecule has 0 radical (unpaired) electrons. The molecule has 2 aliphatic heterocycles. The number of benzene rings is 2. The van der Waals surface area contributed by atoms with Crippen LogP contribution < -0.4 is 10.2 Å². The number of rotatable bonds is 4. The van der Waals surface area contributed by atoms with E-state index >= 15 is 0 Å². The van der Waals surface area contributed by atoms with Crippen LogP contribution in [0.25, 0.3) is 0 Å². The van der Waals surface area contributed by atoms with Crippen LogP contribution in [0.15, 0.2) is 47.4 Å². The minimum atomic E-state index is -3.56. The van der Waals surface area contributed by atoms with Crippen LogP contribution in [0.2, 0.25) is 0 Å². The summed E-state index contributed by atoms with van der Waals surface area (Å²) in [4.78, 5) is 29.6. The Morgan fingerprint density at radius 3 is 2.49 bits per heavy atom. The number of nitrogens with zero attached hydrogens (tertiary/aromatic N) is 3. The van der Waals surface area contributed by atoms with Crippen LogP contribution in [0.3, 0.4) is 0 Å². The standard InChI is InChI=1S/C26H32N4O4S/c1-19-16-25(31)27-23-8-4-5-9-24(23)30(19)26(32)18-28-12-14-29(15-13-28)35(33,34)22-11-10-20-6-2-3-7-21(20)17-22/h4-5,8-11,17,19H,2-3,6-7,12-16,18H2,1H3,(H,27,31)/t19-/m0/s1. The predicted molar refractivity (Wildman–Crippen MR) is 135 cm³/mol. The summed E-state index contributed by atoms with van der Waals surface area (Å²) in [5.74, 6) is -0.200. The molecule has 5 rings (SSSR count). The molecule has 1 atom stereocenters. The van der Waals surface area contributed by atoms with Crippen molar-refractivity contribution in [1.29, 1.82) is 0 Å². The highest BCUT2D eigenvalue weighted by atomic mass is 32.2. The smallest absolute Gasteiger partial charge is 0.243 e. The second kappa shape index (κ2) is 9.72. The van der Waals surface area contributed by atoms with Gasteiger partial charge >= 0.3 is 0 Å². The van der Waals surface area contributed by atoms with Gasteiger partial charge in [0.2, 0.25) is 21.8 Å². The molecule has 186 valence electrons. The number of sulfonamides is 1. The average Bonchev–Trinajstić information content (AvgIpc) is 2.98. The lowest BCUT2D eigenvalue weighted by Crippen LogP contribution is -2.52. The Hall–Kier alpha value is -2.75. The molecule has 0 aromatic heterocycles. The van der Waals surface area contributed by atoms with Gasteiger partial charge in [-0.15, -0.1) is 0 Å². The lowest BCUT2D eigenvalue weighted by atomic mass is 9.92. The molecule has 2 amide bonds. The summed E-state index contributed by atoms with van der Waals surface area (Å²) in [7, 11) is -3.56. The number of piperazine rings is 1. The summed E-state index contributed by atoms with van der Waals surface area (Å²) in [6.07, 6.45) is 4.45. The molecule has 0 saturated carbocycles. The van der Waals surface area contributed by atoms with Crippen molar-refractivity contribution in [2.24, 2.45) is 0 Å². The van der Waals surface area contributed by atoms with E-state index in [0.29, 0.717) is 42.4 Å². The highest BCUT2D eigenvalue weighted by Crippen LogP contribution is 2.31. The first-order valence-corrected chi connectivity index (χ1v) is 13.8. The summed E-state index contributed by atoms with van der Waals surface area (Å²) in [6.45, 7) is 3.72. The number of fused-ring (bicyclic) bond motifs is 2. The molecular formula is C26H32N4O4S. The summed E-state index contributed by atoms with van der Waals surface area (Å²) < 4.78 is 28.1. The maximum atomic E-state index is 13.3. The molecule has 8 nitrogen and oxygen atoms in total. The number of para-hydroxylation sites is 2. The molecule has 2 aromatic carbocycles. The summed E-state index contributed by atoms with van der Waals surface area (Å²) in [5, 5.41) is 2.88. The summed E-state index contributed by atoms with van der Waals surface area (Å²) >= 11 is 0. The number of nitrogens with one attached hydrogen (secondary N) is 1. The van der Waals surface area contributed by atoms with E-state index in [1.54, 1.807) is 17.0 Å². The van der Waals surface area contributed by atoms with E-state index in [1.165, 1.54) is 9.87 Å². The van der Waals surface area contributed by atoms with E-state index in [1.807, 2.05) is 42.2 Å². The van der Waals surface area contributed by atoms with Gasteiger partial charge in [-0.05, 0) is 68.0 Å². The molecule has 2 heterocycles. The highest BCUT2D eigenvalue weighted by molar-refractivity contribution is 7.89. The topological polar surface area (TPSA) is 90.0 Å². The van der Waals surface area contributed by atoms with Crippen LogP contribution in [-0.4, -0.2) is 68.2 Å². The van der Waals surface area contributed by atoms with Crippen LogP contribution >= 0.6 is 0 Å². The number of carbonyl (C=O) groups is 2. The van der Waals surface area contributed by atoms with E-state index in [-0.39, 0.29) is 30.8 Å². The molecule has 35 heavy (non-hydrogen) atoms. The van der Waals surface area contributed by atoms with E-state index in [4.69, 9.17) is 0 Å². The van der Waals surface area contributed by atoms with Crippen LogP contribution in [-0.2, 0) is 32.5 Å². The maximum Gasteiger partial charge on any atom is 0.243 e. The molecule has 1 N–H and O–H groups in total. The van der Waals surface area contributed by atoms with E-state index in [9.17, 15) is 18.0 Å². The monoisotopic (exact) mass is 496 g/mol. The zero-order valence-corrected chi connectivity index (χ0v) is 20.9. The lowest BCUT2D eigenvalue weighted by molar-refractivity contribution is -0.120. The molecule has 2 aromatic rings. The number of hydrogen-bond acceptors (Lipinski definition) is 5. The molecule has 0 bridgehead atoms. The first kappa shape index (κ1) is 24.0. The van der Waals surface area contributed by atoms with Gasteiger partial charge in [-0.3, -0.25) is 14.5 Å². The minimum absolute atomic E-state index is 0.0903. The molecule has 1 fully saturated rings. The Balaban J connectivity index is 1.25. The van der Waals surface area contributed by atoms with Gasteiger partial charge in [-0.1, -0.05) is 18.2 Å². The van der Waals surface area contributed by atoms with Gasteiger partial charge in [0.05, 0.1) is 22.8 Å². The van der Waals surface area contributed by atoms with Gasteiger partial charge in [0.25, 0.3) is 0 Å². The lowest BCUT2D eigenvalue weighted by Gasteiger charge is -2.35. The Kier molecular flexibility index (Phi) is 6.65. The van der Waals surface area contributed by atoms with Crippen LogP contribution in [0.1, 0.15) is 37.3 Å². The quantitative estimate of drug-likeness (QED) is 0.703. The van der Waals surface area contributed by atoms with Crippen molar-refractivity contribution in [3.8, 4) is 0 Å². The van der Waals surface area contributed by atoms with Crippen molar-refractivity contribution in [2.45, 2.75) is 50.0 Å². The van der Waals surface area contributed by atoms with Crippen molar-refractivity contribution in [2.75, 3.05) is 42.9 Å². The second-order valence-electron chi connectivity index (χ2n) is 9.70. The minimum Gasteiger partial charge on any atom is -0.324 e. The zero-order chi connectivity index (χ0) is 24.6. The summed E-state index contributed by atoms with van der Waals surface area (Å²) in [5.41, 5.74) is 3.75. The van der Waals surface area contributed by atoms with Crippen molar-refractivity contribution >= 4 is 33.2 Å². The SMILES string of the molecule is C[C@H]1CC(=O)Nc2ccccc2N1C(=O)CN1CCN(S(=O)(=O)c2ccc3c(c2)CCCC3)CC1. The van der Waals surface area contributed by atoms with E-state index in [0.717, 1.165) is 31.2 Å². The average molecular weight is 497 g/mol. The Bertz CT molecular complexity index is 1240. The van der Waals surface area contributed by atoms with Crippen molar-refractivity contribution in [3.05, 3.63) is 53.6 Å². The number of amides is 2. The van der Waals surface area contributed by atoms with Gasteiger partial charge in [0.1, 0.15) is 0 Å². The first-order chi connectivity index (χ1) is 16.8. The zero-order valence-electron chi connectivity index (χ0n) is 20.1. The fourth-order valence-electron chi connectivity index (χ4n) is 5.38. The largest absolute Gasteiger partial charge is 0.324 e. The molecule has 1 saturated heterocycles. The maximum absolute atomic E-state index is 13.3. The van der Waals surface area contributed by atoms with Crippen molar-refractivity contribution < 1.29 is 18.0 Å². The van der Waals surface area contributed by atoms with Crippen LogP contribution in [0.4, 0.5) is 11.4 Å². The third kappa shape index (κ3) is 4.85. The second-order valence-corrected chi connectivity index (χ2v) is 11.6. The fourth-order valence-corrected chi connectivity index (χ4v) is 6.86.